The second kappa shape index (κ2) is 17.1. The molecule has 2 atom stereocenters. The lowest BCUT2D eigenvalue weighted by Gasteiger charge is -2.37. The summed E-state index contributed by atoms with van der Waals surface area (Å²) in [5.41, 5.74) is 24.2. The quantitative estimate of drug-likeness (QED) is 0.181. The van der Waals surface area contributed by atoms with Crippen molar-refractivity contribution in [1.29, 1.82) is 0 Å². The molecule has 0 spiro atoms. The van der Waals surface area contributed by atoms with Gasteiger partial charge in [-0.15, -0.1) is 0 Å². The van der Waals surface area contributed by atoms with Crippen LogP contribution in [0, 0.1) is 13.8 Å². The Morgan fingerprint density at radius 1 is 0.456 bits per heavy atom. The maximum Gasteiger partial charge on any atom is 0.129 e. The normalized spacial score (nSPS) is 17.8. The Balaban J connectivity index is 0.000000159. The van der Waals surface area contributed by atoms with E-state index in [1.54, 1.807) is 0 Å². The summed E-state index contributed by atoms with van der Waals surface area (Å²) in [5.74, 6) is 1.97. The molecule has 344 valence electrons. The van der Waals surface area contributed by atoms with Crippen molar-refractivity contribution < 1.29 is 9.47 Å². The van der Waals surface area contributed by atoms with Crippen LogP contribution in [0.5, 0.6) is 11.5 Å². The zero-order valence-electron chi connectivity index (χ0n) is 41.8. The number of hydrogen-bond acceptors (Lipinski definition) is 4. The number of nitrogens with one attached hydrogen (secondary N) is 2. The molecule has 11 rings (SSSR count). The van der Waals surface area contributed by atoms with Gasteiger partial charge in [-0.3, -0.25) is 0 Å². The third-order valence-corrected chi connectivity index (χ3v) is 14.3. The van der Waals surface area contributed by atoms with E-state index in [0.29, 0.717) is 0 Å². The summed E-state index contributed by atoms with van der Waals surface area (Å²) in [7, 11) is 0. The van der Waals surface area contributed by atoms with E-state index in [4.69, 9.17) is 9.47 Å². The van der Waals surface area contributed by atoms with Crippen LogP contribution in [-0.4, -0.2) is 11.1 Å². The lowest BCUT2D eigenvalue weighted by Crippen LogP contribution is -2.32. The number of aryl methyl sites for hydroxylation is 2. The van der Waals surface area contributed by atoms with Crippen molar-refractivity contribution in [2.45, 2.75) is 118 Å². The molecule has 4 aliphatic heterocycles. The molecule has 4 aliphatic rings. The molecule has 0 amide bonds. The van der Waals surface area contributed by atoms with Crippen molar-refractivity contribution in [3.8, 4) is 44.9 Å². The van der Waals surface area contributed by atoms with Crippen molar-refractivity contribution in [1.82, 2.24) is 0 Å². The van der Waals surface area contributed by atoms with Gasteiger partial charge >= 0.3 is 0 Å². The van der Waals surface area contributed by atoms with Gasteiger partial charge in [0.1, 0.15) is 23.7 Å². The van der Waals surface area contributed by atoms with Crippen LogP contribution in [0.15, 0.2) is 152 Å². The first kappa shape index (κ1) is 45.0. The van der Waals surface area contributed by atoms with Gasteiger partial charge in [-0.1, -0.05) is 148 Å². The number of benzene rings is 7. The molecule has 0 saturated carbocycles. The molecule has 4 heterocycles. The highest BCUT2D eigenvalue weighted by Gasteiger charge is 2.36. The molecule has 0 bridgehead atoms. The Labute approximate surface area is 405 Å². The van der Waals surface area contributed by atoms with Gasteiger partial charge in [0.25, 0.3) is 0 Å². The first-order chi connectivity index (χ1) is 32.4. The van der Waals surface area contributed by atoms with E-state index in [0.717, 1.165) is 24.3 Å². The molecule has 0 fully saturated rings. The van der Waals surface area contributed by atoms with Crippen LogP contribution >= 0.6 is 0 Å². The first-order valence-electron chi connectivity index (χ1n) is 24.5. The minimum absolute atomic E-state index is 0.0314. The van der Waals surface area contributed by atoms with E-state index in [-0.39, 0.29) is 28.7 Å². The van der Waals surface area contributed by atoms with Crippen molar-refractivity contribution in [3.05, 3.63) is 202 Å². The Morgan fingerprint density at radius 3 is 1.32 bits per heavy atom. The predicted molar refractivity (Wildman–Crippen MR) is 287 cm³/mol. The highest BCUT2D eigenvalue weighted by Crippen LogP contribution is 2.52. The Hall–Kier alpha value is -6.78. The van der Waals surface area contributed by atoms with Crippen molar-refractivity contribution in [2.75, 3.05) is 10.6 Å². The van der Waals surface area contributed by atoms with E-state index in [2.05, 4.69) is 238 Å². The summed E-state index contributed by atoms with van der Waals surface area (Å²) in [6.45, 7) is 24.5. The van der Waals surface area contributed by atoms with Crippen LogP contribution in [0.2, 0.25) is 0 Å². The summed E-state index contributed by atoms with van der Waals surface area (Å²) in [6, 6.07) is 50.4. The fraction of sp³-hybridized carbons (Fsp3) is 0.281. The summed E-state index contributed by atoms with van der Waals surface area (Å²) in [4.78, 5) is 0. The van der Waals surface area contributed by atoms with E-state index < -0.39 is 0 Å². The van der Waals surface area contributed by atoms with E-state index in [1.165, 1.54) is 106 Å². The molecule has 0 saturated heterocycles. The van der Waals surface area contributed by atoms with Crippen molar-refractivity contribution in [2.24, 2.45) is 0 Å². The fourth-order valence-corrected chi connectivity index (χ4v) is 11.3. The van der Waals surface area contributed by atoms with Crippen LogP contribution in [0.1, 0.15) is 125 Å². The van der Waals surface area contributed by atoms with Crippen LogP contribution in [-0.2, 0) is 18.3 Å². The fourth-order valence-electron chi connectivity index (χ4n) is 11.3. The molecule has 68 heavy (non-hydrogen) atoms. The number of hydrogen-bond donors (Lipinski definition) is 2. The highest BCUT2D eigenvalue weighted by molar-refractivity contribution is 5.92. The summed E-state index contributed by atoms with van der Waals surface area (Å²) >= 11 is 0. The minimum Gasteiger partial charge on any atom is -0.485 e. The molecule has 2 N–H and O–H groups in total. The van der Waals surface area contributed by atoms with Crippen LogP contribution in [0.25, 0.3) is 44.5 Å². The number of allylic oxidation sites excluding steroid dienone is 2. The summed E-state index contributed by atoms with van der Waals surface area (Å²) in [6.07, 6.45) is 6.27. The van der Waals surface area contributed by atoms with Gasteiger partial charge in [-0.2, -0.15) is 0 Å². The smallest absolute Gasteiger partial charge is 0.129 e. The van der Waals surface area contributed by atoms with Gasteiger partial charge in [-0.05, 0) is 146 Å². The van der Waals surface area contributed by atoms with Gasteiger partial charge < -0.3 is 20.1 Å². The summed E-state index contributed by atoms with van der Waals surface area (Å²) < 4.78 is 13.5. The first-order valence-corrected chi connectivity index (χ1v) is 24.5. The maximum absolute atomic E-state index is 6.77. The molecule has 0 radical (unpaired) electrons. The minimum atomic E-state index is -0.0720. The van der Waals surface area contributed by atoms with Gasteiger partial charge in [0.2, 0.25) is 0 Å². The van der Waals surface area contributed by atoms with Gasteiger partial charge in [-0.25, -0.2) is 0 Å². The SMILES string of the molecule is CC1=CC(C)(C)Nc2ccc3c(c21)C(Cc1ccc(-c2ccccc2)cc1)Oc1cccc(C)c1-3.CC1=CC(C)(C)Nc2ccc3c(c21)C(Cc1ccc(C(C)(C)C)cc1)Oc1cccc(C)c1-3. The number of fused-ring (bicyclic) bond motifs is 10. The molecule has 7 aromatic rings. The largest absolute Gasteiger partial charge is 0.485 e. The molecule has 4 heteroatoms. The molecular weight excluding hydrogens is 829 g/mol. The number of anilines is 2. The molecule has 7 aromatic carbocycles. The van der Waals surface area contributed by atoms with Crippen LogP contribution in [0.4, 0.5) is 11.4 Å². The average molecular weight is 895 g/mol. The second-order valence-electron chi connectivity index (χ2n) is 21.8. The zero-order valence-corrected chi connectivity index (χ0v) is 41.8. The maximum atomic E-state index is 6.77. The molecule has 4 nitrogen and oxygen atoms in total. The average Bonchev–Trinajstić information content (AvgIpc) is 3.28. The topological polar surface area (TPSA) is 42.5 Å². The highest BCUT2D eigenvalue weighted by atomic mass is 16.5. The molecule has 0 aliphatic carbocycles. The van der Waals surface area contributed by atoms with Crippen molar-refractivity contribution >= 4 is 22.5 Å². The number of ether oxygens (including phenoxy) is 2. The van der Waals surface area contributed by atoms with Gasteiger partial charge in [0, 0.05) is 57.6 Å². The molecular formula is C64H66N2O2. The van der Waals surface area contributed by atoms with Crippen molar-refractivity contribution in [3.63, 3.8) is 0 Å². The zero-order chi connectivity index (χ0) is 47.7. The van der Waals surface area contributed by atoms with E-state index in [9.17, 15) is 0 Å². The van der Waals surface area contributed by atoms with Gasteiger partial charge in [0.15, 0.2) is 0 Å². The van der Waals surface area contributed by atoms with E-state index >= 15 is 0 Å². The Bertz CT molecular complexity index is 3130. The molecule has 2 unspecified atom stereocenters. The monoisotopic (exact) mass is 895 g/mol. The number of rotatable bonds is 5. The van der Waals surface area contributed by atoms with Crippen LogP contribution < -0.4 is 20.1 Å². The standard InChI is InChI=1S/C33H31NO.C31H35NO/c1-21-9-8-12-28-30(21)26-17-18-27-31(22(2)20-33(3,4)34-27)32(26)29(35-28)19-23-13-15-25(16-14-23)24-10-6-5-7-11-24;1-19-9-8-10-25-27(19)23-15-16-24-28(20(2)18-31(6,7)32-24)29(23)26(33-25)17-21-11-13-22(14-12-21)30(3,4)5/h5-18,20,29,34H,19H2,1-4H3;8-16,18,26,32H,17H2,1-7H3. The Kier molecular flexibility index (Phi) is 11.3. The van der Waals surface area contributed by atoms with Crippen LogP contribution in [0.3, 0.4) is 0 Å². The predicted octanol–water partition coefficient (Wildman–Crippen LogP) is 16.9. The van der Waals surface area contributed by atoms with E-state index in [1.807, 2.05) is 0 Å². The third-order valence-electron chi connectivity index (χ3n) is 14.3. The second-order valence-corrected chi connectivity index (χ2v) is 21.8. The Morgan fingerprint density at radius 2 is 0.882 bits per heavy atom. The van der Waals surface area contributed by atoms with Gasteiger partial charge in [0.05, 0.1) is 11.1 Å². The lowest BCUT2D eigenvalue weighted by atomic mass is 9.80. The third kappa shape index (κ3) is 8.55. The molecule has 0 aromatic heterocycles. The lowest BCUT2D eigenvalue weighted by molar-refractivity contribution is 0.202. The summed E-state index contributed by atoms with van der Waals surface area (Å²) in [5, 5.41) is 7.47.